The summed E-state index contributed by atoms with van der Waals surface area (Å²) in [6.07, 6.45) is 2.05. The second kappa shape index (κ2) is 17.0. The Balaban J connectivity index is 0.000000620. The van der Waals surface area contributed by atoms with E-state index in [2.05, 4.69) is 31.1 Å². The number of aromatic amines is 1. The molecule has 10 nitrogen and oxygen atoms in total. The van der Waals surface area contributed by atoms with Gasteiger partial charge in [0.25, 0.3) is 5.56 Å². The quantitative estimate of drug-likeness (QED) is 0.511. The van der Waals surface area contributed by atoms with Gasteiger partial charge in [0.2, 0.25) is 5.91 Å². The maximum atomic E-state index is 11.8. The summed E-state index contributed by atoms with van der Waals surface area (Å²) in [7, 11) is 1.61. The van der Waals surface area contributed by atoms with Gasteiger partial charge in [-0.2, -0.15) is 0 Å². The Morgan fingerprint density at radius 2 is 1.76 bits per heavy atom. The zero-order chi connectivity index (χ0) is 29.5. The number of carbonyl (C=O) groups excluding carboxylic acids is 2. The van der Waals surface area contributed by atoms with Gasteiger partial charge in [-0.3, -0.25) is 9.59 Å². The fourth-order valence-electron chi connectivity index (χ4n) is 3.18. The number of nitrogens with zero attached hydrogens (tertiary/aromatic N) is 1. The molecule has 0 unspecified atom stereocenters. The number of carboxylic acids is 1. The fraction of sp³-hybridized carbons (Fsp3) is 0.571. The molecule has 1 aliphatic rings. The lowest BCUT2D eigenvalue weighted by molar-refractivity contribution is -0.147. The Kier molecular flexibility index (Phi) is 15.4. The summed E-state index contributed by atoms with van der Waals surface area (Å²) >= 11 is 0. The number of amides is 2. The van der Waals surface area contributed by atoms with Crippen molar-refractivity contribution in [2.45, 2.75) is 79.9 Å². The molecule has 214 valence electrons. The second-order valence-electron chi connectivity index (χ2n) is 9.93. The van der Waals surface area contributed by atoms with Gasteiger partial charge in [-0.15, -0.1) is 0 Å². The molecule has 3 rings (SSSR count). The molecule has 0 radical (unpaired) electrons. The number of pyridine rings is 1. The van der Waals surface area contributed by atoms with Gasteiger partial charge in [0.1, 0.15) is 23.9 Å². The molecule has 0 aliphatic carbocycles. The predicted molar refractivity (Wildman–Crippen MR) is 150 cm³/mol. The van der Waals surface area contributed by atoms with Crippen LogP contribution in [0.15, 0.2) is 35.3 Å². The van der Waals surface area contributed by atoms with Crippen LogP contribution < -0.4 is 15.6 Å². The van der Waals surface area contributed by atoms with E-state index >= 15 is 0 Å². The number of methoxy groups -OCH3 is 1. The van der Waals surface area contributed by atoms with Crippen molar-refractivity contribution in [1.82, 2.24) is 15.2 Å². The molecule has 2 aromatic rings. The Morgan fingerprint density at radius 1 is 1.16 bits per heavy atom. The van der Waals surface area contributed by atoms with Crippen molar-refractivity contribution in [2.75, 3.05) is 20.2 Å². The van der Waals surface area contributed by atoms with E-state index in [0.29, 0.717) is 24.8 Å². The lowest BCUT2D eigenvalue weighted by atomic mass is 10.2. The molecule has 0 spiro atoms. The van der Waals surface area contributed by atoms with Crippen LogP contribution in [-0.2, 0) is 14.3 Å². The average molecular weight is 536 g/mol. The van der Waals surface area contributed by atoms with Gasteiger partial charge in [-0.05, 0) is 69.2 Å². The average Bonchev–Trinajstić information content (AvgIpc) is 3.33. The van der Waals surface area contributed by atoms with E-state index in [-0.39, 0.29) is 12.1 Å². The number of carboxylic acid groups (broad SMARTS) is 1. The Hall–Kier alpha value is -3.56. The molecule has 1 aromatic carbocycles. The lowest BCUT2D eigenvalue weighted by Crippen LogP contribution is -2.46. The third-order valence-corrected chi connectivity index (χ3v) is 4.62. The second-order valence-corrected chi connectivity index (χ2v) is 9.93. The number of fused-ring (bicyclic) bond motifs is 1. The van der Waals surface area contributed by atoms with Crippen molar-refractivity contribution in [1.29, 1.82) is 0 Å². The zero-order valence-electron chi connectivity index (χ0n) is 24.2. The molecule has 38 heavy (non-hydrogen) atoms. The van der Waals surface area contributed by atoms with Gasteiger partial charge in [0, 0.05) is 18.1 Å². The van der Waals surface area contributed by atoms with E-state index in [9.17, 15) is 19.2 Å². The summed E-state index contributed by atoms with van der Waals surface area (Å²) in [6, 6.07) is 6.43. The summed E-state index contributed by atoms with van der Waals surface area (Å²) in [5.41, 5.74) is -0.704. The lowest BCUT2D eigenvalue weighted by Gasteiger charge is -2.23. The van der Waals surface area contributed by atoms with Gasteiger partial charge < -0.3 is 29.8 Å². The Bertz CT molecular complexity index is 1070. The van der Waals surface area contributed by atoms with Crippen LogP contribution >= 0.6 is 0 Å². The van der Waals surface area contributed by atoms with Crippen LogP contribution in [0.5, 0.6) is 5.75 Å². The molecule has 1 aliphatic heterocycles. The number of likely N-dealkylation sites (tertiary alicyclic amines) is 1. The highest BCUT2D eigenvalue weighted by Crippen LogP contribution is 2.18. The molecular formula is C28H45N3O7. The van der Waals surface area contributed by atoms with Crippen LogP contribution in [0.2, 0.25) is 0 Å². The highest BCUT2D eigenvalue weighted by atomic mass is 16.6. The Morgan fingerprint density at radius 3 is 2.29 bits per heavy atom. The number of nitrogens with one attached hydrogen (secondary N) is 2. The molecule has 0 bridgehead atoms. The standard InChI is InChI=1S/C12H20N2O5.C10H9NO2.C4H10.C2H6/c1-12(2,3)19-11(18)13-7-9(15)14-6-4-5-8(14)10(16)17;1-13-8-2-3-9-7(6-8)4-5-11-10(9)12;1-4(2)3;1-2/h8H,4-7H2,1-3H3,(H,13,18)(H,16,17);2-6H,1H3,(H,11,12);4H,1-3H3;1-2H3/t8-;;;/m0.../s1. The summed E-state index contributed by atoms with van der Waals surface area (Å²) < 4.78 is 10.0. The number of hydrogen-bond acceptors (Lipinski definition) is 6. The topological polar surface area (TPSA) is 138 Å². The van der Waals surface area contributed by atoms with Crippen molar-refractivity contribution in [3.8, 4) is 5.75 Å². The van der Waals surface area contributed by atoms with Crippen LogP contribution in [0.3, 0.4) is 0 Å². The van der Waals surface area contributed by atoms with Crippen molar-refractivity contribution in [2.24, 2.45) is 5.92 Å². The first-order valence-corrected chi connectivity index (χ1v) is 12.9. The predicted octanol–water partition coefficient (Wildman–Crippen LogP) is 4.81. The fourth-order valence-corrected chi connectivity index (χ4v) is 3.18. The van der Waals surface area contributed by atoms with Gasteiger partial charge in [0.05, 0.1) is 7.11 Å². The molecule has 10 heteroatoms. The van der Waals surface area contributed by atoms with E-state index in [4.69, 9.17) is 14.6 Å². The van der Waals surface area contributed by atoms with Crippen molar-refractivity contribution in [3.05, 3.63) is 40.8 Å². The van der Waals surface area contributed by atoms with Crippen molar-refractivity contribution >= 4 is 28.7 Å². The van der Waals surface area contributed by atoms with Crippen LogP contribution in [0.1, 0.15) is 68.2 Å². The van der Waals surface area contributed by atoms with E-state index < -0.39 is 29.6 Å². The highest BCUT2D eigenvalue weighted by molar-refractivity contribution is 5.87. The monoisotopic (exact) mass is 535 g/mol. The van der Waals surface area contributed by atoms with Crippen molar-refractivity contribution < 1.29 is 29.0 Å². The van der Waals surface area contributed by atoms with Gasteiger partial charge in [-0.1, -0.05) is 34.6 Å². The van der Waals surface area contributed by atoms with Crippen LogP contribution in [0.25, 0.3) is 10.8 Å². The first-order chi connectivity index (χ1) is 17.7. The summed E-state index contributed by atoms with van der Waals surface area (Å²) in [5, 5.41) is 12.9. The van der Waals surface area contributed by atoms with E-state index in [1.165, 1.54) is 4.90 Å². The number of alkyl carbamates (subject to hydrolysis) is 1. The maximum absolute atomic E-state index is 11.8. The van der Waals surface area contributed by atoms with E-state index in [1.54, 1.807) is 46.2 Å². The van der Waals surface area contributed by atoms with Gasteiger partial charge >= 0.3 is 12.1 Å². The summed E-state index contributed by atoms with van der Waals surface area (Å²) in [6.45, 7) is 15.8. The number of H-pyrrole nitrogens is 1. The zero-order valence-corrected chi connectivity index (χ0v) is 24.2. The third-order valence-electron chi connectivity index (χ3n) is 4.62. The van der Waals surface area contributed by atoms with Crippen LogP contribution in [0, 0.1) is 5.92 Å². The molecule has 2 heterocycles. The number of carbonyl (C=O) groups is 3. The van der Waals surface area contributed by atoms with E-state index in [1.807, 2.05) is 26.0 Å². The molecule has 0 saturated carbocycles. The molecular weight excluding hydrogens is 490 g/mol. The first-order valence-electron chi connectivity index (χ1n) is 12.9. The molecule has 1 saturated heterocycles. The minimum atomic E-state index is -1.01. The minimum absolute atomic E-state index is 0.0693. The van der Waals surface area contributed by atoms with Crippen LogP contribution in [0.4, 0.5) is 4.79 Å². The van der Waals surface area contributed by atoms with Crippen LogP contribution in [-0.4, -0.2) is 64.8 Å². The highest BCUT2D eigenvalue weighted by Gasteiger charge is 2.33. The number of hydrogen-bond donors (Lipinski definition) is 3. The number of aliphatic carboxylic acids is 1. The molecule has 3 N–H and O–H groups in total. The summed E-state index contributed by atoms with van der Waals surface area (Å²) in [4.78, 5) is 49.3. The largest absolute Gasteiger partial charge is 0.497 e. The number of benzene rings is 1. The first kappa shape index (κ1) is 34.4. The molecule has 1 fully saturated rings. The Labute approximate surface area is 225 Å². The summed E-state index contributed by atoms with van der Waals surface area (Å²) in [5.74, 6) is 0.178. The van der Waals surface area contributed by atoms with Crippen molar-refractivity contribution in [3.63, 3.8) is 0 Å². The molecule has 1 aromatic heterocycles. The minimum Gasteiger partial charge on any atom is -0.497 e. The van der Waals surface area contributed by atoms with E-state index in [0.717, 1.165) is 17.1 Å². The number of rotatable bonds is 4. The number of ether oxygens (including phenoxy) is 2. The van der Waals surface area contributed by atoms with Gasteiger partial charge in [0.15, 0.2) is 0 Å². The molecule has 1 atom stereocenters. The van der Waals surface area contributed by atoms with Gasteiger partial charge in [-0.25, -0.2) is 9.59 Å². The smallest absolute Gasteiger partial charge is 0.408 e. The number of aromatic nitrogens is 1. The molecule has 2 amide bonds. The third kappa shape index (κ3) is 13.1. The SMILES string of the molecule is CC.CC(C)(C)OC(=O)NCC(=O)N1CCC[C@H]1C(=O)O.CC(C)C.COc1ccc2c(=O)[nH]ccc2c1. The maximum Gasteiger partial charge on any atom is 0.408 e. The normalized spacial score (nSPS) is 14.2.